The minimum Gasteiger partial charge on any atom is -0.399 e. The predicted molar refractivity (Wildman–Crippen MR) is 72.4 cm³/mol. The van der Waals surface area contributed by atoms with E-state index in [0.717, 1.165) is 31.4 Å². The molecule has 1 fully saturated rings. The van der Waals surface area contributed by atoms with Gasteiger partial charge in [-0.2, -0.15) is 0 Å². The van der Waals surface area contributed by atoms with Gasteiger partial charge in [-0.25, -0.2) is 0 Å². The first-order chi connectivity index (χ1) is 8.16. The van der Waals surface area contributed by atoms with Crippen molar-refractivity contribution in [2.75, 3.05) is 11.1 Å². The van der Waals surface area contributed by atoms with Crippen molar-refractivity contribution in [1.82, 2.24) is 0 Å². The standard InChI is InChI=1S/C13H19ClN2O/c14-10-8-9(15)6-7-11(10)16-12-4-2-1-3-5-13(12)17/h6-8,12-13,16-17H,1-5,15H2. The molecule has 0 aliphatic heterocycles. The number of aliphatic hydroxyl groups excluding tert-OH is 1. The number of benzene rings is 1. The number of aliphatic hydroxyl groups is 1. The van der Waals surface area contributed by atoms with Crippen molar-refractivity contribution < 1.29 is 5.11 Å². The van der Waals surface area contributed by atoms with E-state index in [1.165, 1.54) is 6.42 Å². The van der Waals surface area contributed by atoms with E-state index in [-0.39, 0.29) is 12.1 Å². The molecule has 2 unspecified atom stereocenters. The lowest BCUT2D eigenvalue weighted by atomic mass is 10.1. The summed E-state index contributed by atoms with van der Waals surface area (Å²) < 4.78 is 0. The van der Waals surface area contributed by atoms with E-state index in [2.05, 4.69) is 5.32 Å². The molecule has 0 radical (unpaired) electrons. The highest BCUT2D eigenvalue weighted by atomic mass is 35.5. The first-order valence-corrected chi connectivity index (χ1v) is 6.54. The van der Waals surface area contributed by atoms with Crippen LogP contribution in [0.25, 0.3) is 0 Å². The quantitative estimate of drug-likeness (QED) is 0.562. The zero-order valence-corrected chi connectivity index (χ0v) is 10.6. The number of nitrogens with one attached hydrogen (secondary N) is 1. The van der Waals surface area contributed by atoms with Crippen molar-refractivity contribution in [3.8, 4) is 0 Å². The Morgan fingerprint density at radius 1 is 1.24 bits per heavy atom. The lowest BCUT2D eigenvalue weighted by molar-refractivity contribution is 0.144. The van der Waals surface area contributed by atoms with Crippen LogP contribution in [0.2, 0.25) is 5.02 Å². The van der Waals surface area contributed by atoms with Crippen LogP contribution < -0.4 is 11.1 Å². The van der Waals surface area contributed by atoms with Crippen molar-refractivity contribution in [3.05, 3.63) is 23.2 Å². The summed E-state index contributed by atoms with van der Waals surface area (Å²) in [6.07, 6.45) is 5.03. The van der Waals surface area contributed by atoms with Gasteiger partial charge >= 0.3 is 0 Å². The highest BCUT2D eigenvalue weighted by Gasteiger charge is 2.21. The first-order valence-electron chi connectivity index (χ1n) is 6.16. The maximum Gasteiger partial charge on any atom is 0.0741 e. The summed E-state index contributed by atoms with van der Waals surface area (Å²) in [6, 6.07) is 5.51. The predicted octanol–water partition coefficient (Wildman–Crippen LogP) is 3.03. The lowest BCUT2D eigenvalue weighted by Crippen LogP contribution is -2.32. The summed E-state index contributed by atoms with van der Waals surface area (Å²) >= 11 is 6.11. The van der Waals surface area contributed by atoms with Crippen molar-refractivity contribution in [2.24, 2.45) is 0 Å². The monoisotopic (exact) mass is 254 g/mol. The molecule has 1 saturated carbocycles. The number of hydrogen-bond acceptors (Lipinski definition) is 3. The summed E-state index contributed by atoms with van der Waals surface area (Å²) in [4.78, 5) is 0. The van der Waals surface area contributed by atoms with Crippen molar-refractivity contribution in [3.63, 3.8) is 0 Å². The third-order valence-electron chi connectivity index (χ3n) is 3.31. The molecular weight excluding hydrogens is 236 g/mol. The van der Waals surface area contributed by atoms with Crippen LogP contribution in [-0.4, -0.2) is 17.3 Å². The zero-order chi connectivity index (χ0) is 12.3. The highest BCUT2D eigenvalue weighted by Crippen LogP contribution is 2.28. The molecule has 0 bridgehead atoms. The average molecular weight is 255 g/mol. The van der Waals surface area contributed by atoms with Gasteiger partial charge in [0.25, 0.3) is 0 Å². The molecule has 4 N–H and O–H groups in total. The Morgan fingerprint density at radius 3 is 2.76 bits per heavy atom. The second-order valence-electron chi connectivity index (χ2n) is 4.70. The summed E-state index contributed by atoms with van der Waals surface area (Å²) in [5.41, 5.74) is 7.16. The molecule has 3 nitrogen and oxygen atoms in total. The Hall–Kier alpha value is -0.930. The molecule has 1 aromatic rings. The van der Waals surface area contributed by atoms with Crippen LogP contribution in [0.4, 0.5) is 11.4 Å². The molecule has 1 aliphatic carbocycles. The molecule has 4 heteroatoms. The molecule has 0 saturated heterocycles. The number of nitrogens with two attached hydrogens (primary N) is 1. The molecule has 0 aromatic heterocycles. The van der Waals surface area contributed by atoms with Gasteiger partial charge in [0.15, 0.2) is 0 Å². The summed E-state index contributed by atoms with van der Waals surface area (Å²) in [5.74, 6) is 0. The van der Waals surface area contributed by atoms with E-state index in [0.29, 0.717) is 10.7 Å². The Morgan fingerprint density at radius 2 is 2.00 bits per heavy atom. The van der Waals surface area contributed by atoms with Gasteiger partial charge in [0.2, 0.25) is 0 Å². The van der Waals surface area contributed by atoms with Gasteiger partial charge in [-0.1, -0.05) is 30.9 Å². The van der Waals surface area contributed by atoms with E-state index in [9.17, 15) is 5.11 Å². The summed E-state index contributed by atoms with van der Waals surface area (Å²) in [6.45, 7) is 0. The Kier molecular flexibility index (Phi) is 4.13. The van der Waals surface area contributed by atoms with Crippen molar-refractivity contribution in [1.29, 1.82) is 0 Å². The second-order valence-corrected chi connectivity index (χ2v) is 5.10. The largest absolute Gasteiger partial charge is 0.399 e. The number of anilines is 2. The van der Waals surface area contributed by atoms with Crippen molar-refractivity contribution in [2.45, 2.75) is 44.2 Å². The van der Waals surface area contributed by atoms with Crippen LogP contribution in [0.3, 0.4) is 0 Å². The second kappa shape index (κ2) is 5.61. The number of rotatable bonds is 2. The number of hydrogen-bond donors (Lipinski definition) is 3. The van der Waals surface area contributed by atoms with Crippen LogP contribution in [-0.2, 0) is 0 Å². The van der Waals surface area contributed by atoms with Crippen LogP contribution in [0.5, 0.6) is 0 Å². The van der Waals surface area contributed by atoms with E-state index in [1.807, 2.05) is 12.1 Å². The van der Waals surface area contributed by atoms with Gasteiger partial charge in [0.1, 0.15) is 0 Å². The van der Waals surface area contributed by atoms with Gasteiger partial charge in [-0.3, -0.25) is 0 Å². The van der Waals surface area contributed by atoms with Crippen LogP contribution in [0, 0.1) is 0 Å². The SMILES string of the molecule is Nc1ccc(NC2CCCCCC2O)c(Cl)c1. The van der Waals surface area contributed by atoms with E-state index in [1.54, 1.807) is 6.07 Å². The minimum atomic E-state index is -0.286. The molecule has 1 aromatic carbocycles. The van der Waals surface area contributed by atoms with Gasteiger partial charge in [0, 0.05) is 5.69 Å². The zero-order valence-electron chi connectivity index (χ0n) is 9.82. The first kappa shape index (κ1) is 12.5. The number of nitrogen functional groups attached to an aromatic ring is 1. The molecule has 0 heterocycles. The molecule has 17 heavy (non-hydrogen) atoms. The molecule has 94 valence electrons. The fourth-order valence-electron chi connectivity index (χ4n) is 2.30. The molecule has 1 aliphatic rings. The van der Waals surface area contributed by atoms with Gasteiger partial charge in [-0.05, 0) is 31.0 Å². The molecule has 0 spiro atoms. The Bertz CT molecular complexity index is 384. The van der Waals surface area contributed by atoms with Crippen LogP contribution in [0.1, 0.15) is 32.1 Å². The molecule has 2 rings (SSSR count). The van der Waals surface area contributed by atoms with E-state index in [4.69, 9.17) is 17.3 Å². The summed E-state index contributed by atoms with van der Waals surface area (Å²) in [5, 5.41) is 14.0. The smallest absolute Gasteiger partial charge is 0.0741 e. The summed E-state index contributed by atoms with van der Waals surface area (Å²) in [7, 11) is 0. The molecular formula is C13H19ClN2O. The van der Waals surface area contributed by atoms with Gasteiger partial charge in [0.05, 0.1) is 22.9 Å². The minimum absolute atomic E-state index is 0.0959. The van der Waals surface area contributed by atoms with Crippen LogP contribution >= 0.6 is 11.6 Å². The van der Waals surface area contributed by atoms with E-state index >= 15 is 0 Å². The van der Waals surface area contributed by atoms with Crippen molar-refractivity contribution >= 4 is 23.0 Å². The molecule has 2 atom stereocenters. The van der Waals surface area contributed by atoms with Gasteiger partial charge < -0.3 is 16.2 Å². The van der Waals surface area contributed by atoms with E-state index < -0.39 is 0 Å². The number of halogens is 1. The van der Waals surface area contributed by atoms with Crippen LogP contribution in [0.15, 0.2) is 18.2 Å². The topological polar surface area (TPSA) is 58.3 Å². The maximum atomic E-state index is 10.0. The lowest BCUT2D eigenvalue weighted by Gasteiger charge is -2.23. The maximum absolute atomic E-state index is 10.0. The third kappa shape index (κ3) is 3.27. The average Bonchev–Trinajstić information content (AvgIpc) is 2.48. The normalized spacial score (nSPS) is 25.3. The van der Waals surface area contributed by atoms with Gasteiger partial charge in [-0.15, -0.1) is 0 Å². The Balaban J connectivity index is 2.08. The fraction of sp³-hybridized carbons (Fsp3) is 0.538. The molecule has 0 amide bonds. The third-order valence-corrected chi connectivity index (χ3v) is 3.63. The Labute approximate surface area is 107 Å². The highest BCUT2D eigenvalue weighted by molar-refractivity contribution is 6.33. The fourth-order valence-corrected chi connectivity index (χ4v) is 2.55.